The highest BCUT2D eigenvalue weighted by Gasteiger charge is 2.43. The van der Waals surface area contributed by atoms with Gasteiger partial charge in [-0.25, -0.2) is 0 Å². The molecule has 1 aromatic heterocycles. The van der Waals surface area contributed by atoms with E-state index in [4.69, 9.17) is 14.3 Å². The maximum Gasteiger partial charge on any atom is 0.237 e. The molecule has 0 radical (unpaired) electrons. The molecule has 2 amide bonds. The summed E-state index contributed by atoms with van der Waals surface area (Å²) < 4.78 is 10.8. The number of ether oxygens (including phenoxy) is 1. The third-order valence-corrected chi connectivity index (χ3v) is 6.81. The number of aliphatic hydroxyl groups excluding tert-OH is 1. The number of rotatable bonds is 9. The second kappa shape index (κ2) is 10.1. The molecule has 0 saturated carbocycles. The van der Waals surface area contributed by atoms with Crippen LogP contribution in [-0.2, 0) is 27.5 Å². The van der Waals surface area contributed by atoms with Gasteiger partial charge in [0.15, 0.2) is 0 Å². The smallest absolute Gasteiger partial charge is 0.237 e. The Kier molecular flexibility index (Phi) is 7.27. The van der Waals surface area contributed by atoms with E-state index in [9.17, 15) is 9.59 Å². The van der Waals surface area contributed by atoms with Crippen molar-refractivity contribution in [2.45, 2.75) is 69.4 Å². The number of piperazine rings is 1. The summed E-state index contributed by atoms with van der Waals surface area (Å²) in [4.78, 5) is 29.5. The summed E-state index contributed by atoms with van der Waals surface area (Å²) in [6.07, 6.45) is 4.03. The van der Waals surface area contributed by atoms with E-state index in [0.29, 0.717) is 31.9 Å². The number of furan rings is 1. The van der Waals surface area contributed by atoms with Crippen LogP contribution < -0.4 is 10.6 Å². The van der Waals surface area contributed by atoms with Crippen LogP contribution in [0.15, 0.2) is 16.5 Å². The van der Waals surface area contributed by atoms with E-state index in [1.165, 1.54) is 0 Å². The van der Waals surface area contributed by atoms with Crippen LogP contribution in [0.2, 0.25) is 0 Å². The number of nitrogens with zero attached hydrogens (tertiary/aromatic N) is 2. The average molecular weight is 435 g/mol. The quantitative estimate of drug-likeness (QED) is 0.510. The van der Waals surface area contributed by atoms with E-state index in [-0.39, 0.29) is 42.6 Å². The zero-order valence-corrected chi connectivity index (χ0v) is 18.2. The predicted molar refractivity (Wildman–Crippen MR) is 113 cm³/mol. The summed E-state index contributed by atoms with van der Waals surface area (Å²) in [5, 5.41) is 15.6. The lowest BCUT2D eigenvalue weighted by molar-refractivity contribution is -0.133. The van der Waals surface area contributed by atoms with Gasteiger partial charge in [-0.3, -0.25) is 14.5 Å². The number of nitrogens with one attached hydrogen (secondary N) is 2. The molecule has 4 rings (SSSR count). The third-order valence-electron chi connectivity index (χ3n) is 6.81. The normalized spacial score (nSPS) is 28.7. The van der Waals surface area contributed by atoms with Gasteiger partial charge in [-0.05, 0) is 37.8 Å². The fourth-order valence-corrected chi connectivity index (χ4v) is 5.20. The minimum absolute atomic E-state index is 0.0761. The van der Waals surface area contributed by atoms with Crippen molar-refractivity contribution in [2.75, 3.05) is 33.4 Å². The molecule has 0 aliphatic carbocycles. The van der Waals surface area contributed by atoms with Gasteiger partial charge in [-0.1, -0.05) is 0 Å². The van der Waals surface area contributed by atoms with Crippen molar-refractivity contribution < 1.29 is 23.8 Å². The first-order valence-corrected chi connectivity index (χ1v) is 11.3. The summed E-state index contributed by atoms with van der Waals surface area (Å²) in [7, 11) is 1.68. The molecule has 172 valence electrons. The first-order chi connectivity index (χ1) is 15.1. The van der Waals surface area contributed by atoms with Gasteiger partial charge in [0.1, 0.15) is 18.1 Å². The van der Waals surface area contributed by atoms with Gasteiger partial charge < -0.3 is 29.8 Å². The van der Waals surface area contributed by atoms with Crippen molar-refractivity contribution >= 4 is 11.8 Å². The minimum atomic E-state index is -0.149. The minimum Gasteiger partial charge on any atom is -0.462 e. The fraction of sp³-hybridized carbons (Fsp3) is 0.727. The van der Waals surface area contributed by atoms with Crippen LogP contribution in [0.1, 0.15) is 43.6 Å². The number of amides is 2. The van der Waals surface area contributed by atoms with Crippen molar-refractivity contribution in [1.82, 2.24) is 20.4 Å². The topological polar surface area (TPSA) is 107 Å². The monoisotopic (exact) mass is 434 g/mol. The average Bonchev–Trinajstić information content (AvgIpc) is 3.51. The lowest BCUT2D eigenvalue weighted by atomic mass is 10.0. The Labute approximate surface area is 183 Å². The SMILES string of the molecule is COCC1CCCN1C(=O)CCC1CNC(=O)C2CC(NCc3ccc(CO)o3)CN12. The van der Waals surface area contributed by atoms with Crippen molar-refractivity contribution in [3.8, 4) is 0 Å². The number of carbonyl (C=O) groups excluding carboxylic acids is 2. The molecule has 3 aliphatic rings. The maximum atomic E-state index is 12.8. The van der Waals surface area contributed by atoms with Crippen molar-refractivity contribution in [2.24, 2.45) is 0 Å². The molecule has 3 aliphatic heterocycles. The summed E-state index contributed by atoms with van der Waals surface area (Å²) in [5.74, 6) is 1.60. The molecule has 9 heteroatoms. The lowest BCUT2D eigenvalue weighted by Crippen LogP contribution is -2.58. The van der Waals surface area contributed by atoms with Gasteiger partial charge in [0.25, 0.3) is 0 Å². The number of fused-ring (bicyclic) bond motifs is 1. The molecule has 0 aromatic carbocycles. The number of likely N-dealkylation sites (tertiary alicyclic amines) is 1. The van der Waals surface area contributed by atoms with E-state index < -0.39 is 0 Å². The standard InChI is InChI=1S/C22H34N4O5/c1-30-14-17-3-2-8-25(17)21(28)7-4-16-10-24-22(29)20-9-15(12-26(16)20)23-11-18-5-6-19(13-27)31-18/h5-6,15-17,20,23,27H,2-4,7-14H2,1H3,(H,24,29). The largest absolute Gasteiger partial charge is 0.462 e. The van der Waals surface area contributed by atoms with Crippen LogP contribution >= 0.6 is 0 Å². The Morgan fingerprint density at radius 3 is 2.97 bits per heavy atom. The maximum absolute atomic E-state index is 12.8. The van der Waals surface area contributed by atoms with Crippen molar-refractivity contribution in [3.05, 3.63) is 23.7 Å². The number of hydrogen-bond acceptors (Lipinski definition) is 7. The lowest BCUT2D eigenvalue weighted by Gasteiger charge is -2.37. The van der Waals surface area contributed by atoms with Crippen LogP contribution in [0.25, 0.3) is 0 Å². The van der Waals surface area contributed by atoms with Gasteiger partial charge >= 0.3 is 0 Å². The Bertz CT molecular complexity index is 769. The highest BCUT2D eigenvalue weighted by Crippen LogP contribution is 2.27. The van der Waals surface area contributed by atoms with E-state index in [2.05, 4.69) is 15.5 Å². The first kappa shape index (κ1) is 22.3. The molecule has 0 spiro atoms. The second-order valence-electron chi connectivity index (χ2n) is 8.83. The van der Waals surface area contributed by atoms with Crippen molar-refractivity contribution in [1.29, 1.82) is 0 Å². The molecule has 4 heterocycles. The summed E-state index contributed by atoms with van der Waals surface area (Å²) in [6.45, 7) is 3.24. The zero-order valence-electron chi connectivity index (χ0n) is 18.2. The van der Waals surface area contributed by atoms with E-state index >= 15 is 0 Å². The number of methoxy groups -OCH3 is 1. The molecule has 4 unspecified atom stereocenters. The Hall–Kier alpha value is -1.94. The molecule has 9 nitrogen and oxygen atoms in total. The highest BCUT2D eigenvalue weighted by atomic mass is 16.5. The van der Waals surface area contributed by atoms with Gasteiger partial charge in [-0.2, -0.15) is 0 Å². The molecule has 1 aromatic rings. The Balaban J connectivity index is 1.29. The van der Waals surface area contributed by atoms with Gasteiger partial charge in [-0.15, -0.1) is 0 Å². The molecule has 3 fully saturated rings. The van der Waals surface area contributed by atoms with Crippen LogP contribution in [0.5, 0.6) is 0 Å². The predicted octanol–water partition coefficient (Wildman–Crippen LogP) is 0.220. The Morgan fingerprint density at radius 1 is 1.35 bits per heavy atom. The second-order valence-corrected chi connectivity index (χ2v) is 8.83. The molecular weight excluding hydrogens is 400 g/mol. The van der Waals surface area contributed by atoms with Crippen LogP contribution in [-0.4, -0.2) is 84.2 Å². The third kappa shape index (κ3) is 5.11. The van der Waals surface area contributed by atoms with Crippen LogP contribution in [0.4, 0.5) is 0 Å². The fourth-order valence-electron chi connectivity index (χ4n) is 5.20. The summed E-state index contributed by atoms with van der Waals surface area (Å²) in [6, 6.07) is 4.03. The van der Waals surface area contributed by atoms with Crippen LogP contribution in [0, 0.1) is 0 Å². The van der Waals surface area contributed by atoms with E-state index in [1.54, 1.807) is 13.2 Å². The molecule has 31 heavy (non-hydrogen) atoms. The summed E-state index contributed by atoms with van der Waals surface area (Å²) in [5.41, 5.74) is 0. The van der Waals surface area contributed by atoms with Crippen molar-refractivity contribution in [3.63, 3.8) is 0 Å². The summed E-state index contributed by atoms with van der Waals surface area (Å²) >= 11 is 0. The molecule has 4 atom stereocenters. The highest BCUT2D eigenvalue weighted by molar-refractivity contribution is 5.83. The molecular formula is C22H34N4O5. The number of hydrogen-bond donors (Lipinski definition) is 3. The number of aliphatic hydroxyl groups is 1. The molecule has 3 saturated heterocycles. The van der Waals surface area contributed by atoms with Gasteiger partial charge in [0.05, 0.1) is 25.2 Å². The van der Waals surface area contributed by atoms with Gasteiger partial charge in [0.2, 0.25) is 11.8 Å². The van der Waals surface area contributed by atoms with E-state index in [1.807, 2.05) is 11.0 Å². The Morgan fingerprint density at radius 2 is 2.19 bits per heavy atom. The first-order valence-electron chi connectivity index (χ1n) is 11.3. The number of carbonyl (C=O) groups is 2. The zero-order chi connectivity index (χ0) is 21.8. The molecule has 3 N–H and O–H groups in total. The molecule has 0 bridgehead atoms. The van der Waals surface area contributed by atoms with E-state index in [0.717, 1.165) is 44.5 Å². The van der Waals surface area contributed by atoms with Crippen LogP contribution in [0.3, 0.4) is 0 Å². The van der Waals surface area contributed by atoms with Gasteiger partial charge in [0, 0.05) is 45.2 Å².